The molecule has 0 unspecified atom stereocenters. The number of aryl methyl sites for hydroxylation is 1. The molecule has 1 amide bonds. The molecule has 1 aromatic carbocycles. The predicted molar refractivity (Wildman–Crippen MR) is 95.3 cm³/mol. The Bertz CT molecular complexity index is 754. The number of hydrogen-bond acceptors (Lipinski definition) is 5. The molecule has 1 aliphatic heterocycles. The number of likely N-dealkylation sites (tertiary alicyclic amines) is 1. The van der Waals surface area contributed by atoms with Crippen molar-refractivity contribution in [2.24, 2.45) is 5.92 Å². The quantitative estimate of drug-likeness (QED) is 0.589. The van der Waals surface area contributed by atoms with E-state index >= 15 is 0 Å². The third kappa shape index (κ3) is 6.71. The smallest absolute Gasteiger partial charge is 0.454 e. The number of carbonyl (C=O) groups excluding carboxylic acids is 3. The molecule has 9 heteroatoms. The molecule has 0 bridgehead atoms. The molecule has 2 rings (SSSR count). The summed E-state index contributed by atoms with van der Waals surface area (Å²) in [5.74, 6) is -3.33. The van der Waals surface area contributed by atoms with Crippen LogP contribution in [0.15, 0.2) is 36.5 Å². The lowest BCUT2D eigenvalue weighted by Crippen LogP contribution is -2.35. The van der Waals surface area contributed by atoms with Crippen molar-refractivity contribution in [1.82, 2.24) is 4.90 Å². The third-order valence-electron chi connectivity index (χ3n) is 4.23. The Hall–Kier alpha value is -2.84. The van der Waals surface area contributed by atoms with Crippen LogP contribution in [0.2, 0.25) is 0 Å². The summed E-state index contributed by atoms with van der Waals surface area (Å²) < 4.78 is 41.5. The number of alkyl halides is 3. The molecule has 152 valence electrons. The molecule has 1 aliphatic rings. The summed E-state index contributed by atoms with van der Waals surface area (Å²) in [6.45, 7) is 2.11. The van der Waals surface area contributed by atoms with Crippen LogP contribution in [0.4, 0.5) is 18.9 Å². The van der Waals surface area contributed by atoms with E-state index in [4.69, 9.17) is 4.74 Å². The lowest BCUT2D eigenvalue weighted by molar-refractivity contribution is -0.165. The molecule has 0 aromatic heterocycles. The average Bonchev–Trinajstić information content (AvgIpc) is 2.63. The Morgan fingerprint density at radius 1 is 1.25 bits per heavy atom. The van der Waals surface area contributed by atoms with Crippen molar-refractivity contribution in [3.63, 3.8) is 0 Å². The number of allylic oxidation sites excluding steroid dienone is 1. The minimum absolute atomic E-state index is 0.316. The summed E-state index contributed by atoms with van der Waals surface area (Å²) in [7, 11) is 0. The molecule has 1 N–H and O–H groups in total. The summed E-state index contributed by atoms with van der Waals surface area (Å²) in [6.07, 6.45) is -2.59. The van der Waals surface area contributed by atoms with Crippen LogP contribution in [0, 0.1) is 12.8 Å². The first kappa shape index (κ1) is 21.5. The number of ketones is 1. The molecule has 6 nitrogen and oxygen atoms in total. The number of ether oxygens (including phenoxy) is 1. The maximum Gasteiger partial charge on any atom is 0.454 e. The maximum absolute atomic E-state index is 12.2. The highest BCUT2D eigenvalue weighted by Crippen LogP contribution is 2.20. The first-order chi connectivity index (χ1) is 13.1. The summed E-state index contributed by atoms with van der Waals surface area (Å²) in [5, 5.41) is 2.63. The second-order valence-electron chi connectivity index (χ2n) is 6.51. The van der Waals surface area contributed by atoms with Gasteiger partial charge < -0.3 is 15.0 Å². The highest BCUT2D eigenvalue weighted by atomic mass is 19.4. The lowest BCUT2D eigenvalue weighted by Gasteiger charge is -2.29. The van der Waals surface area contributed by atoms with E-state index in [0.717, 1.165) is 11.8 Å². The summed E-state index contributed by atoms with van der Waals surface area (Å²) in [5.41, 5.74) is 1.59. The highest BCUT2D eigenvalue weighted by molar-refractivity contribution is 5.94. The van der Waals surface area contributed by atoms with Gasteiger partial charge in [0.1, 0.15) is 0 Å². The number of piperidine rings is 1. The SMILES string of the molecule is Cc1cccc(NC(=O)COC(=O)C2CCN(/C=C/C(=O)C(F)(F)F)CC2)c1. The van der Waals surface area contributed by atoms with Crippen molar-refractivity contribution in [2.45, 2.75) is 25.9 Å². The molecule has 0 radical (unpaired) electrons. The number of hydrogen-bond donors (Lipinski definition) is 1. The molecular formula is C19H21F3N2O4. The van der Waals surface area contributed by atoms with E-state index in [2.05, 4.69) is 5.32 Å². The molecule has 0 saturated carbocycles. The molecule has 1 heterocycles. The fraction of sp³-hybridized carbons (Fsp3) is 0.421. The topological polar surface area (TPSA) is 75.7 Å². The Labute approximate surface area is 160 Å². The molecule has 1 saturated heterocycles. The van der Waals surface area contributed by atoms with Crippen LogP contribution >= 0.6 is 0 Å². The van der Waals surface area contributed by atoms with Crippen molar-refractivity contribution in [1.29, 1.82) is 0 Å². The zero-order valence-electron chi connectivity index (χ0n) is 15.3. The second kappa shape index (κ2) is 9.38. The average molecular weight is 398 g/mol. The van der Waals surface area contributed by atoms with E-state index in [-0.39, 0.29) is 0 Å². The van der Waals surface area contributed by atoms with E-state index in [1.807, 2.05) is 13.0 Å². The number of rotatable bonds is 6. The van der Waals surface area contributed by atoms with E-state index in [0.29, 0.717) is 37.7 Å². The molecule has 0 spiro atoms. The van der Waals surface area contributed by atoms with Gasteiger partial charge in [-0.3, -0.25) is 14.4 Å². The highest BCUT2D eigenvalue weighted by Gasteiger charge is 2.36. The first-order valence-corrected chi connectivity index (χ1v) is 8.71. The van der Waals surface area contributed by atoms with Crippen LogP contribution in [0.3, 0.4) is 0 Å². The van der Waals surface area contributed by atoms with Crippen molar-refractivity contribution >= 4 is 23.3 Å². The van der Waals surface area contributed by atoms with Gasteiger partial charge in [0.15, 0.2) is 6.61 Å². The number of benzene rings is 1. The number of halogens is 3. The summed E-state index contributed by atoms with van der Waals surface area (Å²) >= 11 is 0. The Balaban J connectivity index is 1.72. The molecule has 0 aliphatic carbocycles. The zero-order valence-corrected chi connectivity index (χ0v) is 15.3. The van der Waals surface area contributed by atoms with Crippen molar-refractivity contribution in [3.05, 3.63) is 42.1 Å². The normalized spacial score (nSPS) is 15.5. The van der Waals surface area contributed by atoms with Gasteiger partial charge in [0.2, 0.25) is 0 Å². The van der Waals surface area contributed by atoms with Gasteiger partial charge in [-0.25, -0.2) is 0 Å². The fourth-order valence-electron chi connectivity index (χ4n) is 2.73. The third-order valence-corrected chi connectivity index (χ3v) is 4.23. The van der Waals surface area contributed by atoms with E-state index in [1.54, 1.807) is 18.2 Å². The molecular weight excluding hydrogens is 377 g/mol. The van der Waals surface area contributed by atoms with Crippen LogP contribution in [-0.2, 0) is 19.1 Å². The summed E-state index contributed by atoms with van der Waals surface area (Å²) in [6, 6.07) is 7.18. The standard InChI is InChI=1S/C19H21F3N2O4/c1-13-3-2-4-15(11-13)23-17(26)12-28-18(27)14-5-8-24(9-6-14)10-7-16(25)19(20,21)22/h2-4,7,10-11,14H,5-6,8-9,12H2,1H3,(H,23,26)/b10-7+. The van der Waals surface area contributed by atoms with Gasteiger partial charge in [-0.05, 0) is 37.5 Å². The number of amides is 1. The first-order valence-electron chi connectivity index (χ1n) is 8.71. The Morgan fingerprint density at radius 3 is 2.54 bits per heavy atom. The predicted octanol–water partition coefficient (Wildman–Crippen LogP) is 2.83. The second-order valence-corrected chi connectivity index (χ2v) is 6.51. The monoisotopic (exact) mass is 398 g/mol. The Morgan fingerprint density at radius 2 is 1.93 bits per heavy atom. The number of carbonyl (C=O) groups is 3. The number of nitrogens with one attached hydrogen (secondary N) is 1. The number of anilines is 1. The molecule has 1 aromatic rings. The molecule has 0 atom stereocenters. The van der Waals surface area contributed by atoms with Crippen molar-refractivity contribution in [2.75, 3.05) is 25.0 Å². The van der Waals surface area contributed by atoms with Crippen LogP contribution in [0.25, 0.3) is 0 Å². The van der Waals surface area contributed by atoms with Crippen LogP contribution < -0.4 is 5.32 Å². The minimum Gasteiger partial charge on any atom is -0.455 e. The fourth-order valence-corrected chi connectivity index (χ4v) is 2.73. The van der Waals surface area contributed by atoms with E-state index in [1.165, 1.54) is 4.90 Å². The zero-order chi connectivity index (χ0) is 20.7. The van der Waals surface area contributed by atoms with Gasteiger partial charge in [-0.1, -0.05) is 12.1 Å². The maximum atomic E-state index is 12.2. The van der Waals surface area contributed by atoms with Crippen LogP contribution in [-0.4, -0.2) is 48.4 Å². The van der Waals surface area contributed by atoms with Gasteiger partial charge in [-0.15, -0.1) is 0 Å². The van der Waals surface area contributed by atoms with Crippen LogP contribution in [0.5, 0.6) is 0 Å². The largest absolute Gasteiger partial charge is 0.455 e. The lowest BCUT2D eigenvalue weighted by atomic mass is 9.97. The van der Waals surface area contributed by atoms with Gasteiger partial charge in [0, 0.05) is 31.1 Å². The van der Waals surface area contributed by atoms with E-state index in [9.17, 15) is 27.6 Å². The van der Waals surface area contributed by atoms with Gasteiger partial charge in [-0.2, -0.15) is 13.2 Å². The van der Waals surface area contributed by atoms with Crippen molar-refractivity contribution in [3.8, 4) is 0 Å². The number of esters is 1. The van der Waals surface area contributed by atoms with Crippen LogP contribution in [0.1, 0.15) is 18.4 Å². The Kier molecular flexibility index (Phi) is 7.19. The van der Waals surface area contributed by atoms with E-state index < -0.39 is 36.4 Å². The number of nitrogens with zero attached hydrogens (tertiary/aromatic N) is 1. The van der Waals surface area contributed by atoms with Gasteiger partial charge in [0.25, 0.3) is 11.7 Å². The minimum atomic E-state index is -4.89. The van der Waals surface area contributed by atoms with Gasteiger partial charge >= 0.3 is 12.1 Å². The summed E-state index contributed by atoms with van der Waals surface area (Å²) in [4.78, 5) is 36.3. The van der Waals surface area contributed by atoms with Crippen molar-refractivity contribution < 1.29 is 32.3 Å². The molecule has 1 fully saturated rings. The molecule has 28 heavy (non-hydrogen) atoms. The van der Waals surface area contributed by atoms with Gasteiger partial charge in [0.05, 0.1) is 5.92 Å².